The van der Waals surface area contributed by atoms with Crippen molar-refractivity contribution in [2.75, 3.05) is 0 Å². The summed E-state index contributed by atoms with van der Waals surface area (Å²) in [4.78, 5) is 15.3. The second kappa shape index (κ2) is 3.96. The molecule has 0 amide bonds. The fourth-order valence-corrected chi connectivity index (χ4v) is 1.94. The molecule has 2 rings (SSSR count). The minimum atomic E-state index is -0.911. The van der Waals surface area contributed by atoms with Gasteiger partial charge >= 0.3 is 5.97 Å². The van der Waals surface area contributed by atoms with Crippen molar-refractivity contribution in [3.8, 4) is 0 Å². The lowest BCUT2D eigenvalue weighted by Crippen LogP contribution is -2.00. The van der Waals surface area contributed by atoms with E-state index in [2.05, 4.69) is 16.5 Å². The van der Waals surface area contributed by atoms with Crippen molar-refractivity contribution in [1.29, 1.82) is 0 Å². The molecule has 84 valence electrons. The van der Waals surface area contributed by atoms with Gasteiger partial charge in [-0.05, 0) is 25.1 Å². The number of benzene rings is 1. The number of hydrogen-bond acceptors (Lipinski definition) is 2. The summed E-state index contributed by atoms with van der Waals surface area (Å²) in [6.45, 7) is 4.96. The highest BCUT2D eigenvalue weighted by Gasteiger charge is 2.10. The lowest BCUT2D eigenvalue weighted by Gasteiger charge is -2.03. The topological polar surface area (TPSA) is 55.1 Å². The first-order valence-corrected chi connectivity index (χ1v) is 5.39. The molecule has 0 spiro atoms. The SMILES string of the molecule is CCc1nc2cc(C(=O)O)ccc2n1CC. The molecular formula is C12H14N2O2. The van der Waals surface area contributed by atoms with Crippen LogP contribution in [0.4, 0.5) is 0 Å². The lowest BCUT2D eigenvalue weighted by molar-refractivity contribution is 0.0697. The molecule has 0 atom stereocenters. The zero-order chi connectivity index (χ0) is 11.7. The maximum Gasteiger partial charge on any atom is 0.335 e. The number of rotatable bonds is 3. The van der Waals surface area contributed by atoms with E-state index < -0.39 is 5.97 Å². The third-order valence-corrected chi connectivity index (χ3v) is 2.71. The quantitative estimate of drug-likeness (QED) is 0.860. The number of carboxylic acids is 1. The van der Waals surface area contributed by atoms with Gasteiger partial charge in [0.15, 0.2) is 0 Å². The summed E-state index contributed by atoms with van der Waals surface area (Å²) in [6, 6.07) is 5.08. The van der Waals surface area contributed by atoms with Crippen molar-refractivity contribution >= 4 is 17.0 Å². The summed E-state index contributed by atoms with van der Waals surface area (Å²) in [5.74, 6) is 0.0889. The van der Waals surface area contributed by atoms with Crippen LogP contribution in [-0.4, -0.2) is 20.6 Å². The average molecular weight is 218 g/mol. The molecule has 1 N–H and O–H groups in total. The largest absolute Gasteiger partial charge is 0.478 e. The number of carboxylic acid groups (broad SMARTS) is 1. The van der Waals surface area contributed by atoms with Crippen molar-refractivity contribution in [2.45, 2.75) is 26.8 Å². The van der Waals surface area contributed by atoms with Crippen LogP contribution in [0.2, 0.25) is 0 Å². The zero-order valence-electron chi connectivity index (χ0n) is 9.40. The van der Waals surface area contributed by atoms with Gasteiger partial charge in [0.05, 0.1) is 16.6 Å². The third-order valence-electron chi connectivity index (χ3n) is 2.71. The first-order chi connectivity index (χ1) is 7.67. The smallest absolute Gasteiger partial charge is 0.335 e. The first kappa shape index (κ1) is 10.7. The summed E-state index contributed by atoms with van der Waals surface area (Å²) in [5.41, 5.74) is 2.05. The van der Waals surface area contributed by atoms with Gasteiger partial charge in [-0.3, -0.25) is 0 Å². The average Bonchev–Trinajstić information content (AvgIpc) is 2.65. The van der Waals surface area contributed by atoms with E-state index in [4.69, 9.17) is 5.11 Å². The Morgan fingerprint density at radius 1 is 1.44 bits per heavy atom. The van der Waals surface area contributed by atoms with Crippen molar-refractivity contribution in [1.82, 2.24) is 9.55 Å². The van der Waals surface area contributed by atoms with Crippen LogP contribution in [0.1, 0.15) is 30.0 Å². The van der Waals surface area contributed by atoms with E-state index in [1.54, 1.807) is 12.1 Å². The molecule has 0 aliphatic carbocycles. The maximum atomic E-state index is 10.8. The van der Waals surface area contributed by atoms with Crippen LogP contribution in [0.5, 0.6) is 0 Å². The normalized spacial score (nSPS) is 10.9. The summed E-state index contributed by atoms with van der Waals surface area (Å²) >= 11 is 0. The molecule has 4 heteroatoms. The summed E-state index contributed by atoms with van der Waals surface area (Å²) in [5, 5.41) is 8.90. The van der Waals surface area contributed by atoms with Crippen molar-refractivity contribution in [2.24, 2.45) is 0 Å². The number of imidazole rings is 1. The molecule has 4 nitrogen and oxygen atoms in total. The molecule has 16 heavy (non-hydrogen) atoms. The first-order valence-electron chi connectivity index (χ1n) is 5.39. The molecule has 0 aliphatic heterocycles. The number of aryl methyl sites for hydroxylation is 2. The van der Waals surface area contributed by atoms with E-state index in [-0.39, 0.29) is 5.56 Å². The fraction of sp³-hybridized carbons (Fsp3) is 0.333. The van der Waals surface area contributed by atoms with Crippen LogP contribution >= 0.6 is 0 Å². The van der Waals surface area contributed by atoms with Gasteiger partial charge in [0.25, 0.3) is 0 Å². The number of hydrogen-bond donors (Lipinski definition) is 1. The standard InChI is InChI=1S/C12H14N2O2/c1-3-11-13-9-7-8(12(15)16)5-6-10(9)14(11)4-2/h5-7H,3-4H2,1-2H3,(H,15,16). The molecular weight excluding hydrogens is 204 g/mol. The van der Waals surface area contributed by atoms with E-state index in [1.807, 2.05) is 13.0 Å². The maximum absolute atomic E-state index is 10.8. The number of aromatic nitrogens is 2. The second-order valence-corrected chi connectivity index (χ2v) is 3.63. The van der Waals surface area contributed by atoms with E-state index in [0.29, 0.717) is 0 Å². The Bertz CT molecular complexity index is 543. The summed E-state index contributed by atoms with van der Waals surface area (Å²) < 4.78 is 2.11. The predicted octanol–water partition coefficient (Wildman–Crippen LogP) is 2.32. The third kappa shape index (κ3) is 1.56. The van der Waals surface area contributed by atoms with Crippen LogP contribution in [0.25, 0.3) is 11.0 Å². The van der Waals surface area contributed by atoms with Gasteiger partial charge in [-0.1, -0.05) is 6.92 Å². The van der Waals surface area contributed by atoms with Gasteiger partial charge in [0.2, 0.25) is 0 Å². The van der Waals surface area contributed by atoms with E-state index >= 15 is 0 Å². The van der Waals surface area contributed by atoms with Gasteiger partial charge in [0.1, 0.15) is 5.82 Å². The van der Waals surface area contributed by atoms with Crippen LogP contribution in [0, 0.1) is 0 Å². The minimum Gasteiger partial charge on any atom is -0.478 e. The fourth-order valence-electron chi connectivity index (χ4n) is 1.94. The van der Waals surface area contributed by atoms with E-state index in [0.717, 1.165) is 29.8 Å². The molecule has 0 bridgehead atoms. The Hall–Kier alpha value is -1.84. The molecule has 1 aromatic carbocycles. The number of fused-ring (bicyclic) bond motifs is 1. The van der Waals surface area contributed by atoms with Crippen molar-refractivity contribution in [3.05, 3.63) is 29.6 Å². The predicted molar refractivity (Wildman–Crippen MR) is 61.7 cm³/mol. The van der Waals surface area contributed by atoms with Crippen LogP contribution in [-0.2, 0) is 13.0 Å². The Kier molecular flexibility index (Phi) is 2.64. The number of nitrogens with zero attached hydrogens (tertiary/aromatic N) is 2. The Morgan fingerprint density at radius 2 is 2.19 bits per heavy atom. The Labute approximate surface area is 93.5 Å². The number of aromatic carboxylic acids is 1. The lowest BCUT2D eigenvalue weighted by atomic mass is 10.2. The minimum absolute atomic E-state index is 0.288. The number of carbonyl (C=O) groups is 1. The van der Waals surface area contributed by atoms with Gasteiger partial charge in [-0.2, -0.15) is 0 Å². The highest BCUT2D eigenvalue weighted by Crippen LogP contribution is 2.18. The van der Waals surface area contributed by atoms with Crippen molar-refractivity contribution in [3.63, 3.8) is 0 Å². The van der Waals surface area contributed by atoms with Crippen LogP contribution in [0.3, 0.4) is 0 Å². The van der Waals surface area contributed by atoms with Gasteiger partial charge in [0, 0.05) is 13.0 Å². The molecule has 0 aliphatic rings. The Morgan fingerprint density at radius 3 is 2.75 bits per heavy atom. The molecule has 0 radical (unpaired) electrons. The molecule has 2 aromatic rings. The Balaban J connectivity index is 2.67. The van der Waals surface area contributed by atoms with Crippen LogP contribution in [0.15, 0.2) is 18.2 Å². The van der Waals surface area contributed by atoms with Gasteiger partial charge in [-0.15, -0.1) is 0 Å². The highest BCUT2D eigenvalue weighted by atomic mass is 16.4. The second-order valence-electron chi connectivity index (χ2n) is 3.63. The van der Waals surface area contributed by atoms with Gasteiger partial charge < -0.3 is 9.67 Å². The van der Waals surface area contributed by atoms with E-state index in [9.17, 15) is 4.79 Å². The van der Waals surface area contributed by atoms with Crippen molar-refractivity contribution < 1.29 is 9.90 Å². The highest BCUT2D eigenvalue weighted by molar-refractivity contribution is 5.92. The molecule has 1 heterocycles. The summed E-state index contributed by atoms with van der Waals surface area (Å²) in [7, 11) is 0. The molecule has 0 saturated carbocycles. The molecule has 0 fully saturated rings. The zero-order valence-corrected chi connectivity index (χ0v) is 9.40. The molecule has 0 saturated heterocycles. The molecule has 1 aromatic heterocycles. The van der Waals surface area contributed by atoms with Crippen LogP contribution < -0.4 is 0 Å². The molecule has 0 unspecified atom stereocenters. The monoisotopic (exact) mass is 218 g/mol. The summed E-state index contributed by atoms with van der Waals surface area (Å²) in [6.07, 6.45) is 0.852. The van der Waals surface area contributed by atoms with E-state index in [1.165, 1.54) is 0 Å². The van der Waals surface area contributed by atoms with Gasteiger partial charge in [-0.25, -0.2) is 9.78 Å².